The van der Waals surface area contributed by atoms with Crippen molar-refractivity contribution in [3.63, 3.8) is 0 Å². The SMILES string of the molecule is CC/C=C\C/C=C\C/C=C\C/C=C\C/C=C\C/C=C\CCCCCCCCCCCCC(=O)OCC(O)COP(=O)(O)OCC(O)COP(=O)(O)OCC(COC(=O)CCCCCCCCC/C=C\C/C=C\C/C=C\C/C=C\C/C=C\CC)OC(=O)CCC/C=C\C/C=C\C/C=C\C/C=C\C/C=C\CC. The lowest BCUT2D eigenvalue weighted by molar-refractivity contribution is -0.161. The van der Waals surface area contributed by atoms with E-state index in [1.54, 1.807) is 0 Å². The van der Waals surface area contributed by atoms with Gasteiger partial charge in [0.1, 0.15) is 25.4 Å². The first kappa shape index (κ1) is 99.4. The second kappa shape index (κ2) is 78.0. The van der Waals surface area contributed by atoms with E-state index < -0.39 is 91.5 Å². The minimum atomic E-state index is -4.96. The molecule has 0 aliphatic rings. The Morgan fingerprint density at radius 2 is 0.486 bits per heavy atom. The number of carbonyl (C=O) groups excluding carboxylic acids is 3. The smallest absolute Gasteiger partial charge is 0.463 e. The van der Waals surface area contributed by atoms with Gasteiger partial charge < -0.3 is 34.2 Å². The van der Waals surface area contributed by atoms with E-state index in [1.807, 2.05) is 12.2 Å². The average Bonchev–Trinajstić information content (AvgIpc) is 0.941. The van der Waals surface area contributed by atoms with Gasteiger partial charge >= 0.3 is 33.6 Å². The van der Waals surface area contributed by atoms with Crippen molar-refractivity contribution >= 4 is 33.6 Å². The third-order valence-corrected chi connectivity index (χ3v) is 17.7. The number of unbranched alkanes of at least 4 members (excludes halogenated alkanes) is 18. The number of phosphoric acid groups is 2. The van der Waals surface area contributed by atoms with Gasteiger partial charge in [-0.05, 0) is 154 Å². The molecule has 5 unspecified atom stereocenters. The Morgan fingerprint density at radius 1 is 0.267 bits per heavy atom. The number of esters is 3. The van der Waals surface area contributed by atoms with Crippen molar-refractivity contribution in [1.29, 1.82) is 0 Å². The Balaban J connectivity index is 4.65. The van der Waals surface area contributed by atoms with Crippen molar-refractivity contribution in [1.82, 2.24) is 0 Å². The zero-order chi connectivity index (χ0) is 76.6. The van der Waals surface area contributed by atoms with Gasteiger partial charge in [0.05, 0.1) is 26.4 Å². The quantitative estimate of drug-likeness (QED) is 0.0146. The van der Waals surface area contributed by atoms with Crippen molar-refractivity contribution in [2.24, 2.45) is 0 Å². The largest absolute Gasteiger partial charge is 0.472 e. The van der Waals surface area contributed by atoms with Crippen LogP contribution in [0.15, 0.2) is 194 Å². The Bertz CT molecular complexity index is 2690. The van der Waals surface area contributed by atoms with Gasteiger partial charge in [-0.1, -0.05) is 299 Å². The fourth-order valence-electron chi connectivity index (χ4n) is 9.87. The number of carbonyl (C=O) groups is 3. The zero-order valence-electron chi connectivity index (χ0n) is 64.8. The molecule has 0 bridgehead atoms. The van der Waals surface area contributed by atoms with Gasteiger partial charge in [-0.3, -0.25) is 32.5 Å². The summed E-state index contributed by atoms with van der Waals surface area (Å²) in [5, 5.41) is 20.6. The molecule has 105 heavy (non-hydrogen) atoms. The maximum Gasteiger partial charge on any atom is 0.472 e. The Morgan fingerprint density at radius 3 is 0.781 bits per heavy atom. The van der Waals surface area contributed by atoms with Crippen molar-refractivity contribution in [2.45, 2.75) is 296 Å². The van der Waals surface area contributed by atoms with Crippen LogP contribution in [0.1, 0.15) is 278 Å². The van der Waals surface area contributed by atoms with Crippen LogP contribution in [0.5, 0.6) is 0 Å². The van der Waals surface area contributed by atoms with Crippen molar-refractivity contribution < 1.29 is 75.8 Å². The van der Waals surface area contributed by atoms with Gasteiger partial charge in [-0.2, -0.15) is 0 Å². The third-order valence-electron chi connectivity index (χ3n) is 15.8. The van der Waals surface area contributed by atoms with Gasteiger partial charge in [-0.15, -0.1) is 0 Å². The summed E-state index contributed by atoms with van der Waals surface area (Å²) in [5.41, 5.74) is 0. The number of aliphatic hydroxyl groups is 2. The number of hydrogen-bond donors (Lipinski definition) is 4. The van der Waals surface area contributed by atoms with Gasteiger partial charge in [0.15, 0.2) is 6.10 Å². The summed E-state index contributed by atoms with van der Waals surface area (Å²) in [6.07, 6.45) is 102. The molecular formula is C87H140O16P2. The fraction of sp³-hybridized carbons (Fsp3) is 0.598. The van der Waals surface area contributed by atoms with E-state index in [4.69, 9.17) is 32.3 Å². The number of ether oxygens (including phenoxy) is 3. The van der Waals surface area contributed by atoms with Crippen LogP contribution in [0.2, 0.25) is 0 Å². The van der Waals surface area contributed by atoms with Crippen LogP contribution in [0.4, 0.5) is 0 Å². The molecule has 0 aliphatic heterocycles. The molecular weight excluding hydrogens is 1360 g/mol. The number of phosphoric ester groups is 2. The Hall–Kier alpha value is -5.61. The molecule has 0 aromatic heterocycles. The summed E-state index contributed by atoms with van der Waals surface area (Å²) in [4.78, 5) is 58.7. The molecule has 4 N–H and O–H groups in total. The van der Waals surface area contributed by atoms with E-state index in [-0.39, 0.29) is 19.3 Å². The predicted molar refractivity (Wildman–Crippen MR) is 435 cm³/mol. The van der Waals surface area contributed by atoms with Gasteiger partial charge in [-0.25, -0.2) is 9.13 Å². The van der Waals surface area contributed by atoms with Crippen LogP contribution in [-0.4, -0.2) is 95.9 Å². The molecule has 0 aromatic rings. The minimum Gasteiger partial charge on any atom is -0.463 e. The number of aliphatic hydroxyl groups excluding tert-OH is 2. The summed E-state index contributed by atoms with van der Waals surface area (Å²) in [7, 11) is -9.83. The molecule has 0 saturated carbocycles. The highest BCUT2D eigenvalue weighted by molar-refractivity contribution is 7.47. The summed E-state index contributed by atoms with van der Waals surface area (Å²) >= 11 is 0. The van der Waals surface area contributed by atoms with E-state index in [0.29, 0.717) is 25.7 Å². The number of rotatable bonds is 73. The molecule has 0 heterocycles. The van der Waals surface area contributed by atoms with E-state index in [9.17, 15) is 43.5 Å². The molecule has 0 saturated heterocycles. The lowest BCUT2D eigenvalue weighted by Gasteiger charge is -2.21. The topological polar surface area (TPSA) is 231 Å². The molecule has 0 fully saturated rings. The lowest BCUT2D eigenvalue weighted by Crippen LogP contribution is -2.30. The standard InChI is InChI=1S/C87H140O16P2/c1-4-7-10-13-16-19-22-25-28-31-33-35-37-38-39-40-41-42-44-46-47-50-52-55-58-61-64-67-70-73-85(90)97-76-82(88)77-99-104(93,94)100-78-83(89)79-101-105(95,96)102-81-84(103-87(92)75-72-69-66-63-60-57-54-49-30-27-24-21-18-15-12-9-6-3)80-98-86(91)74-71-68-65-62-59-56-53-51-48-45-43-36-34-32-29-26-23-20-17-14-11-8-5-2/h7-12,16-21,25-30,33-36,38-39,41-42,45,48,54,57,63,66,82-84,88-89H,4-6,13-15,22-24,31-32,37,40,43-44,46-47,49-53,55-56,58-62,64-65,67-81H2,1-3H3,(H,93,94)(H,95,96)/b10-7-,11-8-,12-9-,19-16-,20-17-,21-18-,28-25-,29-26-,30-27-,35-33-,36-34-,39-38-,42-41-,48-45-,57-54-,66-63-. The van der Waals surface area contributed by atoms with E-state index in [2.05, 4.69) is 203 Å². The number of allylic oxidation sites excluding steroid dienone is 32. The van der Waals surface area contributed by atoms with Crippen LogP contribution >= 0.6 is 15.6 Å². The maximum atomic E-state index is 13.0. The summed E-state index contributed by atoms with van der Waals surface area (Å²) in [6, 6.07) is 0. The molecule has 594 valence electrons. The minimum absolute atomic E-state index is 0.0162. The highest BCUT2D eigenvalue weighted by atomic mass is 31.2. The van der Waals surface area contributed by atoms with Crippen LogP contribution in [0.25, 0.3) is 0 Å². The van der Waals surface area contributed by atoms with Crippen LogP contribution in [0, 0.1) is 0 Å². The van der Waals surface area contributed by atoms with Gasteiger partial charge in [0.2, 0.25) is 0 Å². The summed E-state index contributed by atoms with van der Waals surface area (Å²) in [5.74, 6) is -1.67. The van der Waals surface area contributed by atoms with Crippen molar-refractivity contribution in [3.05, 3.63) is 194 Å². The molecule has 0 aliphatic carbocycles. The van der Waals surface area contributed by atoms with E-state index in [1.165, 1.54) is 32.1 Å². The first-order valence-corrected chi connectivity index (χ1v) is 42.7. The van der Waals surface area contributed by atoms with E-state index in [0.717, 1.165) is 180 Å². The monoisotopic (exact) mass is 1500 g/mol. The van der Waals surface area contributed by atoms with Gasteiger partial charge in [0, 0.05) is 19.3 Å². The molecule has 0 radical (unpaired) electrons. The van der Waals surface area contributed by atoms with Crippen LogP contribution in [-0.2, 0) is 55.8 Å². The average molecular weight is 1500 g/mol. The van der Waals surface area contributed by atoms with Crippen molar-refractivity contribution in [3.8, 4) is 0 Å². The summed E-state index contributed by atoms with van der Waals surface area (Å²) < 4.78 is 61.1. The second-order valence-electron chi connectivity index (χ2n) is 25.7. The highest BCUT2D eigenvalue weighted by Crippen LogP contribution is 2.45. The molecule has 5 atom stereocenters. The Kier molecular flexibility index (Phi) is 73.8. The normalized spacial score (nSPS) is 15.0. The van der Waals surface area contributed by atoms with Crippen molar-refractivity contribution in [2.75, 3.05) is 39.6 Å². The molecule has 0 amide bonds. The summed E-state index contributed by atoms with van der Waals surface area (Å²) in [6.45, 7) is 2.23. The van der Waals surface area contributed by atoms with Crippen LogP contribution in [0.3, 0.4) is 0 Å². The second-order valence-corrected chi connectivity index (χ2v) is 28.6. The molecule has 18 heteroatoms. The first-order valence-electron chi connectivity index (χ1n) is 39.7. The van der Waals surface area contributed by atoms with E-state index >= 15 is 0 Å². The molecule has 0 aromatic carbocycles. The predicted octanol–water partition coefficient (Wildman–Crippen LogP) is 23.5. The first-order chi connectivity index (χ1) is 51.2. The molecule has 0 spiro atoms. The van der Waals surface area contributed by atoms with Crippen LogP contribution < -0.4 is 0 Å². The Labute approximate surface area is 636 Å². The third kappa shape index (κ3) is 79.3. The zero-order valence-corrected chi connectivity index (χ0v) is 66.6. The molecule has 0 rings (SSSR count). The fourth-order valence-corrected chi connectivity index (χ4v) is 11.5. The highest BCUT2D eigenvalue weighted by Gasteiger charge is 2.29. The number of hydrogen-bond acceptors (Lipinski definition) is 14. The molecule has 16 nitrogen and oxygen atoms in total. The lowest BCUT2D eigenvalue weighted by atomic mass is 10.1. The maximum absolute atomic E-state index is 13.0. The van der Waals surface area contributed by atoms with Gasteiger partial charge in [0.25, 0.3) is 0 Å².